The van der Waals surface area contributed by atoms with Gasteiger partial charge in [-0.3, -0.25) is 9.59 Å². The molecule has 0 aromatic heterocycles. The molecule has 6 heteroatoms. The monoisotopic (exact) mass is 336 g/mol. The lowest BCUT2D eigenvalue weighted by Gasteiger charge is -2.37. The summed E-state index contributed by atoms with van der Waals surface area (Å²) in [4.78, 5) is 26.7. The summed E-state index contributed by atoms with van der Waals surface area (Å²) in [6.07, 6.45) is 3.24. The molecule has 23 heavy (non-hydrogen) atoms. The Kier molecular flexibility index (Phi) is 4.76. The van der Waals surface area contributed by atoms with Gasteiger partial charge in [0.15, 0.2) is 0 Å². The average Bonchev–Trinajstić information content (AvgIpc) is 2.59. The predicted molar refractivity (Wildman–Crippen MR) is 87.6 cm³/mol. The lowest BCUT2D eigenvalue weighted by atomic mass is 9.93. The van der Waals surface area contributed by atoms with Crippen LogP contribution in [0.25, 0.3) is 0 Å². The summed E-state index contributed by atoms with van der Waals surface area (Å²) in [6.45, 7) is 0.986. The molecule has 2 aliphatic rings. The van der Waals surface area contributed by atoms with Crippen molar-refractivity contribution in [2.45, 2.75) is 31.7 Å². The van der Waals surface area contributed by atoms with Gasteiger partial charge in [-0.15, -0.1) is 0 Å². The number of carbonyl (C=O) groups is 2. The number of rotatable bonds is 2. The van der Waals surface area contributed by atoms with E-state index in [1.54, 1.807) is 18.0 Å². The Hall–Kier alpha value is -1.75. The van der Waals surface area contributed by atoms with Crippen LogP contribution in [0.5, 0.6) is 5.75 Å². The Balaban J connectivity index is 1.76. The van der Waals surface area contributed by atoms with Crippen LogP contribution in [0.1, 0.15) is 24.8 Å². The second kappa shape index (κ2) is 6.79. The number of benzene rings is 1. The minimum atomic E-state index is -0.359. The lowest BCUT2D eigenvalue weighted by molar-refractivity contribution is -0.146. The molecule has 0 unspecified atom stereocenters. The average molecular weight is 337 g/mol. The van der Waals surface area contributed by atoms with Crippen LogP contribution in [0.3, 0.4) is 0 Å². The molecular weight excluding hydrogens is 316 g/mol. The van der Waals surface area contributed by atoms with Crippen LogP contribution in [0.15, 0.2) is 18.2 Å². The van der Waals surface area contributed by atoms with E-state index in [-0.39, 0.29) is 23.8 Å². The van der Waals surface area contributed by atoms with Gasteiger partial charge in [-0.25, -0.2) is 0 Å². The van der Waals surface area contributed by atoms with E-state index in [1.165, 1.54) is 0 Å². The van der Waals surface area contributed by atoms with Gasteiger partial charge in [0.2, 0.25) is 11.8 Å². The second-order valence-corrected chi connectivity index (χ2v) is 6.56. The van der Waals surface area contributed by atoms with Crippen LogP contribution < -0.4 is 10.1 Å². The van der Waals surface area contributed by atoms with Gasteiger partial charge in [0.1, 0.15) is 18.4 Å². The summed E-state index contributed by atoms with van der Waals surface area (Å²) < 4.78 is 5.72. The second-order valence-electron chi connectivity index (χ2n) is 6.12. The number of hydrogen-bond donors (Lipinski definition) is 1. The van der Waals surface area contributed by atoms with E-state index in [1.807, 2.05) is 12.1 Å². The SMILES string of the molecule is CNC(=O)[C@H]1CCCCN1C(=O)[C@@H]1COc2ccc(Cl)cc2C1. The van der Waals surface area contributed by atoms with Crippen LogP contribution in [0.2, 0.25) is 5.02 Å². The molecule has 2 atom stereocenters. The van der Waals surface area contributed by atoms with Crippen molar-refractivity contribution < 1.29 is 14.3 Å². The fraction of sp³-hybridized carbons (Fsp3) is 0.529. The van der Waals surface area contributed by atoms with E-state index in [0.717, 1.165) is 30.6 Å². The molecular formula is C17H21ClN2O3. The van der Waals surface area contributed by atoms with Crippen LogP contribution >= 0.6 is 11.6 Å². The first-order valence-corrected chi connectivity index (χ1v) is 8.41. The highest BCUT2D eigenvalue weighted by molar-refractivity contribution is 6.30. The van der Waals surface area contributed by atoms with Crippen molar-refractivity contribution in [3.05, 3.63) is 28.8 Å². The third-order valence-corrected chi connectivity index (χ3v) is 4.85. The number of nitrogens with zero attached hydrogens (tertiary/aromatic N) is 1. The maximum atomic E-state index is 12.9. The summed E-state index contributed by atoms with van der Waals surface area (Å²) in [5, 5.41) is 3.30. The number of fused-ring (bicyclic) bond motifs is 1. The summed E-state index contributed by atoms with van der Waals surface area (Å²) in [5.41, 5.74) is 0.954. The molecule has 5 nitrogen and oxygen atoms in total. The minimum absolute atomic E-state index is 0.00363. The largest absolute Gasteiger partial charge is 0.492 e. The molecule has 2 amide bonds. The predicted octanol–water partition coefficient (Wildman–Crippen LogP) is 2.02. The summed E-state index contributed by atoms with van der Waals surface area (Å²) >= 11 is 6.03. The third-order valence-electron chi connectivity index (χ3n) is 4.61. The number of carbonyl (C=O) groups excluding carboxylic acids is 2. The van der Waals surface area contributed by atoms with Gasteiger partial charge in [0.25, 0.3) is 0 Å². The number of likely N-dealkylation sites (tertiary alicyclic amines) is 1. The van der Waals surface area contributed by atoms with Gasteiger partial charge in [-0.1, -0.05) is 11.6 Å². The van der Waals surface area contributed by atoms with Crippen molar-refractivity contribution in [1.82, 2.24) is 10.2 Å². The van der Waals surface area contributed by atoms with Gasteiger partial charge >= 0.3 is 0 Å². The third kappa shape index (κ3) is 3.29. The molecule has 2 heterocycles. The number of nitrogens with one attached hydrogen (secondary N) is 1. The van der Waals surface area contributed by atoms with E-state index in [2.05, 4.69) is 5.32 Å². The van der Waals surface area contributed by atoms with Gasteiger partial charge in [-0.2, -0.15) is 0 Å². The molecule has 1 aromatic carbocycles. The molecule has 0 aliphatic carbocycles. The van der Waals surface area contributed by atoms with Gasteiger partial charge in [0, 0.05) is 18.6 Å². The maximum absolute atomic E-state index is 12.9. The fourth-order valence-electron chi connectivity index (χ4n) is 3.39. The molecule has 0 bridgehead atoms. The number of hydrogen-bond acceptors (Lipinski definition) is 3. The van der Waals surface area contributed by atoms with Crippen LogP contribution in [-0.2, 0) is 16.0 Å². The number of piperidine rings is 1. The van der Waals surface area contributed by atoms with E-state index in [4.69, 9.17) is 16.3 Å². The summed E-state index contributed by atoms with van der Waals surface area (Å²) in [7, 11) is 1.61. The molecule has 124 valence electrons. The van der Waals surface area contributed by atoms with Gasteiger partial charge < -0.3 is 15.0 Å². The molecule has 1 saturated heterocycles. The molecule has 2 aliphatic heterocycles. The zero-order valence-corrected chi connectivity index (χ0v) is 13.9. The number of amides is 2. The Morgan fingerprint density at radius 1 is 1.35 bits per heavy atom. The molecule has 1 fully saturated rings. The zero-order valence-electron chi connectivity index (χ0n) is 13.2. The topological polar surface area (TPSA) is 58.6 Å². The van der Waals surface area contributed by atoms with Crippen molar-refractivity contribution >= 4 is 23.4 Å². The fourth-order valence-corrected chi connectivity index (χ4v) is 3.59. The molecule has 1 N–H and O–H groups in total. The van der Waals surface area contributed by atoms with Gasteiger partial charge in [-0.05, 0) is 49.4 Å². The van der Waals surface area contributed by atoms with Crippen molar-refractivity contribution in [1.29, 1.82) is 0 Å². The zero-order chi connectivity index (χ0) is 16.4. The minimum Gasteiger partial charge on any atom is -0.492 e. The standard InChI is InChI=1S/C17H21ClN2O3/c1-19-16(21)14-4-2-3-7-20(14)17(22)12-8-11-9-13(18)5-6-15(11)23-10-12/h5-6,9,12,14H,2-4,7-8,10H2,1H3,(H,19,21)/t12-,14+/m0/s1. The van der Waals surface area contributed by atoms with Crippen LogP contribution in [-0.4, -0.2) is 43.0 Å². The first kappa shape index (κ1) is 16.1. The number of likely N-dealkylation sites (N-methyl/N-ethyl adjacent to an activating group) is 1. The van der Waals surface area contributed by atoms with Crippen molar-refractivity contribution in [3.8, 4) is 5.75 Å². The van der Waals surface area contributed by atoms with Crippen molar-refractivity contribution in [2.24, 2.45) is 5.92 Å². The van der Waals surface area contributed by atoms with Crippen molar-refractivity contribution in [3.63, 3.8) is 0 Å². The van der Waals surface area contributed by atoms with Crippen molar-refractivity contribution in [2.75, 3.05) is 20.2 Å². The Bertz CT molecular complexity index is 620. The van der Waals surface area contributed by atoms with E-state index in [0.29, 0.717) is 24.6 Å². The molecule has 3 rings (SSSR count). The Labute approximate surface area is 140 Å². The first-order valence-electron chi connectivity index (χ1n) is 8.03. The van der Waals surface area contributed by atoms with E-state index < -0.39 is 0 Å². The summed E-state index contributed by atoms with van der Waals surface area (Å²) in [6, 6.07) is 5.12. The molecule has 1 aromatic rings. The van der Waals surface area contributed by atoms with Crippen LogP contribution in [0, 0.1) is 5.92 Å². The number of halogens is 1. The highest BCUT2D eigenvalue weighted by Gasteiger charge is 2.36. The van der Waals surface area contributed by atoms with Gasteiger partial charge in [0.05, 0.1) is 5.92 Å². The van der Waals surface area contributed by atoms with E-state index in [9.17, 15) is 9.59 Å². The highest BCUT2D eigenvalue weighted by Crippen LogP contribution is 2.31. The first-order chi connectivity index (χ1) is 11.1. The quantitative estimate of drug-likeness (QED) is 0.899. The lowest BCUT2D eigenvalue weighted by Crippen LogP contribution is -2.54. The molecule has 0 radical (unpaired) electrons. The van der Waals surface area contributed by atoms with Crippen LogP contribution in [0.4, 0.5) is 0 Å². The number of ether oxygens (including phenoxy) is 1. The maximum Gasteiger partial charge on any atom is 0.242 e. The van der Waals surface area contributed by atoms with E-state index >= 15 is 0 Å². The molecule has 0 saturated carbocycles. The molecule has 0 spiro atoms. The summed E-state index contributed by atoms with van der Waals surface area (Å²) in [5.74, 6) is 0.452. The highest BCUT2D eigenvalue weighted by atomic mass is 35.5. The Morgan fingerprint density at radius 3 is 2.96 bits per heavy atom. The smallest absolute Gasteiger partial charge is 0.242 e. The normalized spacial score (nSPS) is 23.7. The Morgan fingerprint density at radius 2 is 2.17 bits per heavy atom.